The molecule has 0 aliphatic rings. The molecule has 184 valence electrons. The van der Waals surface area contributed by atoms with E-state index in [1.807, 2.05) is 37.2 Å². The van der Waals surface area contributed by atoms with Gasteiger partial charge in [0.2, 0.25) is 0 Å². The van der Waals surface area contributed by atoms with Crippen molar-refractivity contribution in [2.45, 2.75) is 11.8 Å². The second kappa shape index (κ2) is 11.9. The zero-order valence-electron chi connectivity index (χ0n) is 19.7. The normalized spacial score (nSPS) is 11.3. The summed E-state index contributed by atoms with van der Waals surface area (Å²) in [5, 5.41) is 4.01. The largest absolute Gasteiger partial charge is 0.492 e. The van der Waals surface area contributed by atoms with E-state index in [4.69, 9.17) is 4.74 Å². The molecule has 10 heteroatoms. The van der Waals surface area contributed by atoms with Crippen molar-refractivity contribution in [1.29, 1.82) is 0 Å². The van der Waals surface area contributed by atoms with Gasteiger partial charge in [0.05, 0.1) is 29.1 Å². The number of hydrogen-bond acceptors (Lipinski definition) is 6. The van der Waals surface area contributed by atoms with E-state index < -0.39 is 22.5 Å². The summed E-state index contributed by atoms with van der Waals surface area (Å²) < 4.78 is 34.5. The number of anilines is 2. The molecule has 0 saturated carbocycles. The molecule has 0 spiro atoms. The number of sulfonamides is 1. The van der Waals surface area contributed by atoms with Gasteiger partial charge in [-0.1, -0.05) is 36.4 Å². The molecule has 0 atom stereocenters. The van der Waals surface area contributed by atoms with Crippen molar-refractivity contribution in [2.24, 2.45) is 5.10 Å². The Morgan fingerprint density at radius 1 is 1.03 bits per heavy atom. The van der Waals surface area contributed by atoms with Gasteiger partial charge >= 0.3 is 0 Å². The van der Waals surface area contributed by atoms with E-state index in [9.17, 15) is 13.2 Å². The number of halogens is 1. The Bertz CT molecular complexity index is 1300. The van der Waals surface area contributed by atoms with Gasteiger partial charge in [-0.05, 0) is 64.8 Å². The first kappa shape index (κ1) is 26.2. The van der Waals surface area contributed by atoms with Gasteiger partial charge in [0, 0.05) is 18.6 Å². The van der Waals surface area contributed by atoms with Gasteiger partial charge < -0.3 is 9.64 Å². The van der Waals surface area contributed by atoms with E-state index in [1.54, 1.807) is 49.4 Å². The maximum Gasteiger partial charge on any atom is 0.264 e. The third-order valence-corrected chi connectivity index (χ3v) is 7.32. The summed E-state index contributed by atoms with van der Waals surface area (Å²) in [4.78, 5) is 14.8. The second-order valence-corrected chi connectivity index (χ2v) is 10.3. The molecule has 0 aliphatic carbocycles. The van der Waals surface area contributed by atoms with Gasteiger partial charge in [0.25, 0.3) is 15.9 Å². The third kappa shape index (κ3) is 6.61. The van der Waals surface area contributed by atoms with Crippen LogP contribution < -0.4 is 19.4 Å². The Balaban J connectivity index is 1.85. The van der Waals surface area contributed by atoms with Crippen molar-refractivity contribution in [3.8, 4) is 5.75 Å². The van der Waals surface area contributed by atoms with Crippen LogP contribution >= 0.6 is 15.9 Å². The molecule has 35 heavy (non-hydrogen) atoms. The Labute approximate surface area is 214 Å². The van der Waals surface area contributed by atoms with E-state index in [0.717, 1.165) is 20.0 Å². The molecule has 3 aromatic carbocycles. The second-order valence-electron chi connectivity index (χ2n) is 7.62. The highest BCUT2D eigenvalue weighted by molar-refractivity contribution is 9.10. The number of nitrogens with zero attached hydrogens (tertiary/aromatic N) is 3. The molecule has 0 unspecified atom stereocenters. The number of nitrogens with one attached hydrogen (secondary N) is 1. The molecule has 0 aromatic heterocycles. The number of hydrazone groups is 1. The number of para-hydroxylation sites is 2. The molecule has 1 amide bonds. The monoisotopic (exact) mass is 558 g/mol. The van der Waals surface area contributed by atoms with Crippen molar-refractivity contribution in [2.75, 3.05) is 36.5 Å². The van der Waals surface area contributed by atoms with Crippen LogP contribution in [0.3, 0.4) is 0 Å². The van der Waals surface area contributed by atoms with Crippen LogP contribution in [0.25, 0.3) is 0 Å². The maximum atomic E-state index is 13.5. The smallest absolute Gasteiger partial charge is 0.264 e. The molecule has 8 nitrogen and oxygen atoms in total. The quantitative estimate of drug-likeness (QED) is 0.296. The summed E-state index contributed by atoms with van der Waals surface area (Å²) >= 11 is 3.51. The van der Waals surface area contributed by atoms with Crippen LogP contribution in [0.1, 0.15) is 12.5 Å². The van der Waals surface area contributed by atoms with Crippen LogP contribution in [-0.2, 0) is 14.8 Å². The van der Waals surface area contributed by atoms with Crippen molar-refractivity contribution >= 4 is 49.4 Å². The van der Waals surface area contributed by atoms with Crippen LogP contribution in [0.5, 0.6) is 5.75 Å². The van der Waals surface area contributed by atoms with Gasteiger partial charge in [0.1, 0.15) is 12.3 Å². The molecule has 0 bridgehead atoms. The fraction of sp³-hybridized carbons (Fsp3) is 0.200. The average Bonchev–Trinajstić information content (AvgIpc) is 2.83. The highest BCUT2D eigenvalue weighted by Crippen LogP contribution is 2.32. The molecule has 0 radical (unpaired) electrons. The van der Waals surface area contributed by atoms with E-state index in [1.165, 1.54) is 18.3 Å². The molecular weight excluding hydrogens is 532 g/mol. The fourth-order valence-electron chi connectivity index (χ4n) is 3.27. The van der Waals surface area contributed by atoms with E-state index in [0.29, 0.717) is 12.4 Å². The summed E-state index contributed by atoms with van der Waals surface area (Å²) in [5.74, 6) is -0.243. The van der Waals surface area contributed by atoms with Gasteiger partial charge in [0.15, 0.2) is 0 Å². The molecule has 3 aromatic rings. The minimum Gasteiger partial charge on any atom is -0.492 e. The van der Waals surface area contributed by atoms with E-state index in [2.05, 4.69) is 26.5 Å². The topological polar surface area (TPSA) is 91.3 Å². The number of carbonyl (C=O) groups excluding carboxylic acids is 1. The van der Waals surface area contributed by atoms with Gasteiger partial charge in [-0.2, -0.15) is 5.10 Å². The van der Waals surface area contributed by atoms with Crippen LogP contribution in [0.15, 0.2) is 87.3 Å². The predicted octanol–water partition coefficient (Wildman–Crippen LogP) is 4.26. The Morgan fingerprint density at radius 3 is 2.37 bits per heavy atom. The SMILES string of the molecule is CCOc1ccccc1N(CC(=O)N/N=C\c1ccc(N(C)C)c(Br)c1)S(=O)(=O)c1ccccc1. The lowest BCUT2D eigenvalue weighted by molar-refractivity contribution is -0.119. The average molecular weight is 559 g/mol. The van der Waals surface area contributed by atoms with Gasteiger partial charge in [-0.25, -0.2) is 13.8 Å². The lowest BCUT2D eigenvalue weighted by Crippen LogP contribution is -2.39. The van der Waals surface area contributed by atoms with Crippen LogP contribution in [0, 0.1) is 0 Å². The van der Waals surface area contributed by atoms with Crippen LogP contribution in [0.2, 0.25) is 0 Å². The maximum absolute atomic E-state index is 13.5. The Kier molecular flexibility index (Phi) is 8.89. The van der Waals surface area contributed by atoms with Crippen LogP contribution in [0.4, 0.5) is 11.4 Å². The minimum atomic E-state index is -4.06. The highest BCUT2D eigenvalue weighted by atomic mass is 79.9. The summed E-state index contributed by atoms with van der Waals surface area (Å²) in [6, 6.07) is 20.3. The summed E-state index contributed by atoms with van der Waals surface area (Å²) in [6.45, 7) is 1.66. The molecule has 3 rings (SSSR count). The zero-order valence-corrected chi connectivity index (χ0v) is 22.1. The number of carbonyl (C=O) groups is 1. The standard InChI is InChI=1S/C25H27BrN4O4S/c1-4-34-24-13-9-8-12-23(24)30(35(32,33)20-10-6-5-7-11-20)18-25(31)28-27-17-19-14-15-22(29(2)3)21(26)16-19/h5-17H,4,18H2,1-3H3,(H,28,31)/b27-17-. The van der Waals surface area contributed by atoms with Gasteiger partial charge in [-0.3, -0.25) is 9.10 Å². The minimum absolute atomic E-state index is 0.0634. The molecule has 0 saturated heterocycles. The predicted molar refractivity (Wildman–Crippen MR) is 143 cm³/mol. The van der Waals surface area contributed by atoms with Crippen molar-refractivity contribution < 1.29 is 17.9 Å². The van der Waals surface area contributed by atoms with Gasteiger partial charge in [-0.15, -0.1) is 0 Å². The number of ether oxygens (including phenoxy) is 1. The van der Waals surface area contributed by atoms with Crippen molar-refractivity contribution in [1.82, 2.24) is 5.43 Å². The number of hydrogen-bond donors (Lipinski definition) is 1. The lowest BCUT2D eigenvalue weighted by Gasteiger charge is -2.25. The summed E-state index contributed by atoms with van der Waals surface area (Å²) in [5.41, 5.74) is 4.45. The zero-order chi connectivity index (χ0) is 25.4. The molecular formula is C25H27BrN4O4S. The highest BCUT2D eigenvalue weighted by Gasteiger charge is 2.29. The van der Waals surface area contributed by atoms with E-state index in [-0.39, 0.29) is 10.6 Å². The molecule has 1 N–H and O–H groups in total. The summed E-state index contributed by atoms with van der Waals surface area (Å²) in [7, 11) is -0.181. The fourth-order valence-corrected chi connectivity index (χ4v) is 5.47. The lowest BCUT2D eigenvalue weighted by atomic mass is 10.2. The van der Waals surface area contributed by atoms with Crippen molar-refractivity contribution in [3.05, 3.63) is 82.8 Å². The summed E-state index contributed by atoms with van der Waals surface area (Å²) in [6.07, 6.45) is 1.49. The number of rotatable bonds is 10. The first-order valence-corrected chi connectivity index (χ1v) is 13.1. The molecule has 0 heterocycles. The van der Waals surface area contributed by atoms with Crippen LogP contribution in [-0.4, -0.2) is 47.8 Å². The Morgan fingerprint density at radius 2 is 1.71 bits per heavy atom. The molecule has 0 fully saturated rings. The first-order valence-electron chi connectivity index (χ1n) is 10.8. The van der Waals surface area contributed by atoms with Crippen molar-refractivity contribution in [3.63, 3.8) is 0 Å². The molecule has 0 aliphatic heterocycles. The number of amides is 1. The third-order valence-electron chi connectivity index (χ3n) is 4.91. The number of benzene rings is 3. The first-order chi connectivity index (χ1) is 16.7. The Hall–Kier alpha value is -3.37. The van der Waals surface area contributed by atoms with E-state index >= 15 is 0 Å².